The molecule has 291 valence electrons. The Bertz CT molecular complexity index is 2100. The van der Waals surface area contributed by atoms with Crippen molar-refractivity contribution in [3.05, 3.63) is 157 Å². The molecule has 2 unspecified atom stereocenters. The standard InChI is InChI=1S/C44H38N2O2.2C2H4O2.Co/c47-43-37(24-35(31-14-5-1-6-15-31)26-41(43)33-18-9-3-10-19-33)29-45-39-22-13-23-40(28-39)46-30-38-25-36(32-16-7-2-8-17-32)27-42(44(38)48)34-20-11-4-12-21-34;2*1-2(3)4;/h1-12,14-21,24-27,29-30,39-40,47-48H,13,22-23,28H2;2*1H3,(H,3,4);/q;;;+2/p-2. The third kappa shape index (κ3) is 12.9. The van der Waals surface area contributed by atoms with Crippen LogP contribution in [-0.4, -0.2) is 46.7 Å². The zero-order chi connectivity index (χ0) is 39.9. The van der Waals surface area contributed by atoms with Crippen molar-refractivity contribution in [3.8, 4) is 56.0 Å². The van der Waals surface area contributed by atoms with Gasteiger partial charge in [0.05, 0.1) is 12.1 Å². The number of hydrogen-bond donors (Lipinski definition) is 2. The van der Waals surface area contributed by atoms with Crippen LogP contribution in [0.4, 0.5) is 0 Å². The predicted molar refractivity (Wildman–Crippen MR) is 221 cm³/mol. The minimum Gasteiger partial charge on any atom is -0.550 e. The van der Waals surface area contributed by atoms with E-state index in [0.717, 1.165) is 84.0 Å². The molecule has 1 aliphatic carbocycles. The van der Waals surface area contributed by atoms with Crippen LogP contribution in [0.1, 0.15) is 50.7 Å². The average molecular weight is 804 g/mol. The number of aliphatic imine (C=N–C) groups is 2. The van der Waals surface area contributed by atoms with Gasteiger partial charge in [-0.05, 0) is 97.2 Å². The average Bonchev–Trinajstić information content (AvgIpc) is 3.21. The maximum atomic E-state index is 11.4. The maximum Gasteiger partial charge on any atom is 2.00 e. The predicted octanol–water partition coefficient (Wildman–Crippen LogP) is 8.12. The van der Waals surface area contributed by atoms with E-state index in [1.165, 1.54) is 0 Å². The van der Waals surface area contributed by atoms with Crippen molar-refractivity contribution in [1.82, 2.24) is 0 Å². The van der Waals surface area contributed by atoms with Crippen LogP contribution in [0.2, 0.25) is 0 Å². The number of aromatic hydroxyl groups is 2. The molecule has 1 radical (unpaired) electrons. The molecule has 2 N–H and O–H groups in total. The van der Waals surface area contributed by atoms with Gasteiger partial charge in [-0.3, -0.25) is 9.98 Å². The molecule has 9 heteroatoms. The Labute approximate surface area is 344 Å². The number of aliphatic carboxylic acids is 2. The number of carboxylic acids is 2. The van der Waals surface area contributed by atoms with Crippen LogP contribution < -0.4 is 10.2 Å². The molecule has 6 aromatic carbocycles. The second kappa shape index (κ2) is 21.7. The number of carboxylic acid groups (broad SMARTS) is 2. The van der Waals surface area contributed by atoms with Gasteiger partial charge in [0, 0.05) is 46.6 Å². The van der Waals surface area contributed by atoms with E-state index >= 15 is 0 Å². The van der Waals surface area contributed by atoms with Gasteiger partial charge < -0.3 is 30.0 Å². The van der Waals surface area contributed by atoms with E-state index < -0.39 is 11.9 Å². The largest absolute Gasteiger partial charge is 2.00 e. The van der Waals surface area contributed by atoms with Crippen molar-refractivity contribution in [2.75, 3.05) is 0 Å². The van der Waals surface area contributed by atoms with E-state index in [2.05, 4.69) is 24.3 Å². The first kappa shape index (κ1) is 43.4. The van der Waals surface area contributed by atoms with E-state index in [1.54, 1.807) is 0 Å². The van der Waals surface area contributed by atoms with Crippen LogP contribution in [0, 0.1) is 0 Å². The van der Waals surface area contributed by atoms with Crippen molar-refractivity contribution < 1.29 is 46.8 Å². The third-order valence-electron chi connectivity index (χ3n) is 9.13. The van der Waals surface area contributed by atoms with Gasteiger partial charge in [-0.1, -0.05) is 121 Å². The van der Waals surface area contributed by atoms with Gasteiger partial charge in [0.15, 0.2) is 0 Å². The third-order valence-corrected chi connectivity index (χ3v) is 9.13. The van der Waals surface area contributed by atoms with Crippen LogP contribution in [0.5, 0.6) is 11.5 Å². The van der Waals surface area contributed by atoms with Crippen LogP contribution in [-0.2, 0) is 26.4 Å². The van der Waals surface area contributed by atoms with Crippen LogP contribution in [0.3, 0.4) is 0 Å². The number of phenols is 2. The first-order valence-corrected chi connectivity index (χ1v) is 18.5. The SMILES string of the molecule is CC(=O)[O-].CC(=O)[O-].Oc1c(C=NC2CCCC(N=Cc3cc(-c4ccccc4)cc(-c4ccccc4)c3O)C2)cc(-c2ccccc2)cc1-c1ccccc1.[Co+2]. The first-order valence-electron chi connectivity index (χ1n) is 18.5. The van der Waals surface area contributed by atoms with Crippen molar-refractivity contribution in [3.63, 3.8) is 0 Å². The fraction of sp³-hybridized carbons (Fsp3) is 0.167. The molecule has 0 bridgehead atoms. The summed E-state index contributed by atoms with van der Waals surface area (Å²) < 4.78 is 0. The fourth-order valence-electron chi connectivity index (χ4n) is 6.56. The fourth-order valence-corrected chi connectivity index (χ4v) is 6.56. The molecule has 0 aromatic heterocycles. The summed E-state index contributed by atoms with van der Waals surface area (Å²) in [5.74, 6) is -1.70. The number of carbonyl (C=O) groups excluding carboxylic acids is 2. The van der Waals surface area contributed by atoms with Crippen LogP contribution >= 0.6 is 0 Å². The number of hydrogen-bond acceptors (Lipinski definition) is 8. The summed E-state index contributed by atoms with van der Waals surface area (Å²) in [5.41, 5.74) is 9.16. The molecule has 0 amide bonds. The summed E-state index contributed by atoms with van der Waals surface area (Å²) in [6.45, 7) is 1.94. The molecular formula is C48H44CoN2O6. The Kier molecular flexibility index (Phi) is 16.5. The van der Waals surface area contributed by atoms with E-state index in [0.29, 0.717) is 11.1 Å². The van der Waals surface area contributed by atoms with Gasteiger partial charge in [0.1, 0.15) is 11.5 Å². The smallest absolute Gasteiger partial charge is 0.550 e. The van der Waals surface area contributed by atoms with E-state index in [9.17, 15) is 10.2 Å². The summed E-state index contributed by atoms with van der Waals surface area (Å²) in [4.78, 5) is 27.8. The molecule has 57 heavy (non-hydrogen) atoms. The first-order chi connectivity index (χ1) is 27.1. The molecule has 8 nitrogen and oxygen atoms in total. The van der Waals surface area contributed by atoms with E-state index in [1.807, 2.05) is 134 Å². The van der Waals surface area contributed by atoms with Gasteiger partial charge in [0.25, 0.3) is 0 Å². The number of phenolic OH excluding ortho intramolecular Hbond substituents is 2. The second-order valence-corrected chi connectivity index (χ2v) is 13.4. The summed E-state index contributed by atoms with van der Waals surface area (Å²) in [5, 5.41) is 40.6. The van der Waals surface area contributed by atoms with E-state index in [4.69, 9.17) is 29.8 Å². The Balaban J connectivity index is 0.000000734. The van der Waals surface area contributed by atoms with Crippen molar-refractivity contribution in [1.29, 1.82) is 0 Å². The molecule has 1 fully saturated rings. The van der Waals surface area contributed by atoms with Gasteiger partial charge >= 0.3 is 16.8 Å². The molecule has 6 aromatic rings. The zero-order valence-electron chi connectivity index (χ0n) is 31.7. The Hall–Kier alpha value is -6.29. The molecular weight excluding hydrogens is 759 g/mol. The van der Waals surface area contributed by atoms with Crippen molar-refractivity contribution in [2.45, 2.75) is 51.6 Å². The number of carbonyl (C=O) groups is 2. The molecule has 0 saturated heterocycles. The maximum absolute atomic E-state index is 11.4. The quantitative estimate of drug-likeness (QED) is 0.149. The summed E-state index contributed by atoms with van der Waals surface area (Å²) in [6.07, 6.45) is 7.45. The summed E-state index contributed by atoms with van der Waals surface area (Å²) in [7, 11) is 0. The monoisotopic (exact) mass is 803 g/mol. The molecule has 2 atom stereocenters. The Morgan fingerprint density at radius 2 is 0.825 bits per heavy atom. The normalized spacial score (nSPS) is 14.7. The number of rotatable bonds is 8. The minimum atomic E-state index is -1.08. The molecule has 1 aliphatic rings. The minimum absolute atomic E-state index is 0. The van der Waals surface area contributed by atoms with Crippen LogP contribution in [0.25, 0.3) is 44.5 Å². The zero-order valence-corrected chi connectivity index (χ0v) is 32.8. The second-order valence-electron chi connectivity index (χ2n) is 13.4. The van der Waals surface area contributed by atoms with E-state index in [-0.39, 0.29) is 40.4 Å². The molecule has 1 saturated carbocycles. The molecule has 0 spiro atoms. The van der Waals surface area contributed by atoms with Crippen molar-refractivity contribution >= 4 is 24.4 Å². The molecule has 0 aliphatic heterocycles. The summed E-state index contributed by atoms with van der Waals surface area (Å²) >= 11 is 0. The Morgan fingerprint density at radius 1 is 0.526 bits per heavy atom. The van der Waals surface area contributed by atoms with Gasteiger partial charge in [-0.15, -0.1) is 0 Å². The van der Waals surface area contributed by atoms with Gasteiger partial charge in [-0.2, -0.15) is 0 Å². The molecule has 0 heterocycles. The van der Waals surface area contributed by atoms with Gasteiger partial charge in [0.2, 0.25) is 0 Å². The van der Waals surface area contributed by atoms with Crippen molar-refractivity contribution in [2.24, 2.45) is 9.98 Å². The molecule has 7 rings (SSSR count). The van der Waals surface area contributed by atoms with Crippen LogP contribution in [0.15, 0.2) is 156 Å². The Morgan fingerprint density at radius 3 is 1.14 bits per heavy atom. The topological polar surface area (TPSA) is 145 Å². The summed E-state index contributed by atoms with van der Waals surface area (Å²) in [6, 6.07) is 48.8. The number of benzene rings is 6. The number of nitrogens with zero attached hydrogens (tertiary/aromatic N) is 2. The van der Waals surface area contributed by atoms with Gasteiger partial charge in [-0.25, -0.2) is 0 Å².